The van der Waals surface area contributed by atoms with Crippen LogP contribution in [0.5, 0.6) is 0 Å². The minimum atomic E-state index is -0.619. The van der Waals surface area contributed by atoms with Crippen molar-refractivity contribution < 1.29 is 19.1 Å². The second-order valence-electron chi connectivity index (χ2n) is 6.61. The molecule has 1 fully saturated rings. The van der Waals surface area contributed by atoms with E-state index in [2.05, 4.69) is 5.32 Å². The van der Waals surface area contributed by atoms with Crippen molar-refractivity contribution in [1.29, 1.82) is 0 Å². The van der Waals surface area contributed by atoms with Gasteiger partial charge in [-0.05, 0) is 56.2 Å². The molecule has 6 nitrogen and oxygen atoms in total. The Morgan fingerprint density at radius 3 is 2.52 bits per heavy atom. The van der Waals surface area contributed by atoms with E-state index < -0.39 is 12.0 Å². The van der Waals surface area contributed by atoms with Gasteiger partial charge in [0.1, 0.15) is 6.04 Å². The van der Waals surface area contributed by atoms with Crippen LogP contribution in [0.1, 0.15) is 40.5 Å². The molecule has 0 spiro atoms. The summed E-state index contributed by atoms with van der Waals surface area (Å²) < 4.78 is 4.98. The summed E-state index contributed by atoms with van der Waals surface area (Å²) >= 11 is 12.0. The molecule has 0 radical (unpaired) electrons. The van der Waals surface area contributed by atoms with Crippen LogP contribution in [0.2, 0.25) is 10.0 Å². The molecule has 1 unspecified atom stereocenters. The molecule has 29 heavy (non-hydrogen) atoms. The molecule has 0 saturated carbocycles. The van der Waals surface area contributed by atoms with Gasteiger partial charge >= 0.3 is 5.97 Å². The largest absolute Gasteiger partial charge is 0.462 e. The maximum absolute atomic E-state index is 12.9. The van der Waals surface area contributed by atoms with Crippen LogP contribution in [0.25, 0.3) is 0 Å². The second kappa shape index (κ2) is 9.29. The number of hydrogen-bond acceptors (Lipinski definition) is 4. The average Bonchev–Trinajstić information content (AvgIpc) is 3.17. The predicted octanol–water partition coefficient (Wildman–Crippen LogP) is 4.41. The van der Waals surface area contributed by atoms with Gasteiger partial charge in [0.25, 0.3) is 5.91 Å². The fourth-order valence-corrected chi connectivity index (χ4v) is 3.82. The number of rotatable bonds is 5. The number of ether oxygens (including phenoxy) is 1. The van der Waals surface area contributed by atoms with E-state index in [0.29, 0.717) is 46.2 Å². The molecule has 1 saturated heterocycles. The maximum atomic E-state index is 12.9. The first kappa shape index (κ1) is 21.1. The summed E-state index contributed by atoms with van der Waals surface area (Å²) in [7, 11) is 0. The summed E-state index contributed by atoms with van der Waals surface area (Å²) in [5, 5.41) is 3.50. The quantitative estimate of drug-likeness (QED) is 0.706. The molecule has 2 amide bonds. The fraction of sp³-hybridized carbons (Fsp3) is 0.286. The Morgan fingerprint density at radius 2 is 1.83 bits per heavy atom. The lowest BCUT2D eigenvalue weighted by molar-refractivity contribution is -0.119. The molecule has 1 aliphatic heterocycles. The van der Waals surface area contributed by atoms with Crippen molar-refractivity contribution in [3.63, 3.8) is 0 Å². The van der Waals surface area contributed by atoms with Crippen molar-refractivity contribution in [3.8, 4) is 0 Å². The van der Waals surface area contributed by atoms with Crippen molar-refractivity contribution >= 4 is 46.7 Å². The van der Waals surface area contributed by atoms with Crippen molar-refractivity contribution in [1.82, 2.24) is 4.90 Å². The zero-order chi connectivity index (χ0) is 21.0. The van der Waals surface area contributed by atoms with Gasteiger partial charge in [0, 0.05) is 27.8 Å². The van der Waals surface area contributed by atoms with Gasteiger partial charge < -0.3 is 15.0 Å². The Hall–Kier alpha value is -2.57. The van der Waals surface area contributed by atoms with Crippen molar-refractivity contribution in [2.45, 2.75) is 25.8 Å². The van der Waals surface area contributed by atoms with Gasteiger partial charge in [-0.2, -0.15) is 0 Å². The summed E-state index contributed by atoms with van der Waals surface area (Å²) in [6.07, 6.45) is 1.25. The Morgan fingerprint density at radius 1 is 1.10 bits per heavy atom. The van der Waals surface area contributed by atoms with E-state index in [1.54, 1.807) is 37.3 Å². The zero-order valence-corrected chi connectivity index (χ0v) is 17.3. The Kier molecular flexibility index (Phi) is 6.77. The second-order valence-corrected chi connectivity index (χ2v) is 7.48. The van der Waals surface area contributed by atoms with E-state index in [1.807, 2.05) is 0 Å². The number of hydrogen-bond donors (Lipinski definition) is 1. The monoisotopic (exact) mass is 434 g/mol. The first-order valence-electron chi connectivity index (χ1n) is 9.24. The SMILES string of the molecule is CCOC(=O)c1cccc(NC(=O)C2CCCN2C(=O)c2cc(Cl)cc(Cl)c2)c1. The van der Waals surface area contributed by atoms with Crippen LogP contribution in [-0.4, -0.2) is 41.9 Å². The Balaban J connectivity index is 1.74. The third kappa shape index (κ3) is 5.08. The summed E-state index contributed by atoms with van der Waals surface area (Å²) in [5.41, 5.74) is 1.15. The highest BCUT2D eigenvalue weighted by Gasteiger charge is 2.34. The number of benzene rings is 2. The normalized spacial score (nSPS) is 15.8. The summed E-state index contributed by atoms with van der Waals surface area (Å²) in [5.74, 6) is -1.07. The molecule has 8 heteroatoms. The molecule has 0 aromatic heterocycles. The van der Waals surface area contributed by atoms with Gasteiger partial charge in [0.2, 0.25) is 5.91 Å². The number of amides is 2. The number of nitrogens with zero attached hydrogens (tertiary/aromatic N) is 1. The number of carbonyl (C=O) groups excluding carboxylic acids is 3. The van der Waals surface area contributed by atoms with Gasteiger partial charge in [-0.15, -0.1) is 0 Å². The van der Waals surface area contributed by atoms with Crippen LogP contribution in [0, 0.1) is 0 Å². The number of carbonyl (C=O) groups is 3. The molecule has 1 aliphatic rings. The smallest absolute Gasteiger partial charge is 0.338 e. The van der Waals surface area contributed by atoms with Crippen molar-refractivity contribution in [2.24, 2.45) is 0 Å². The molecular formula is C21H20Cl2N2O4. The molecule has 2 aromatic rings. The van der Waals surface area contributed by atoms with E-state index in [0.717, 1.165) is 0 Å². The number of nitrogens with one attached hydrogen (secondary N) is 1. The molecule has 1 N–H and O–H groups in total. The topological polar surface area (TPSA) is 75.7 Å². The van der Waals surface area contributed by atoms with Crippen molar-refractivity contribution in [2.75, 3.05) is 18.5 Å². The van der Waals surface area contributed by atoms with Crippen LogP contribution in [-0.2, 0) is 9.53 Å². The fourth-order valence-electron chi connectivity index (χ4n) is 3.29. The minimum Gasteiger partial charge on any atom is -0.462 e. The van der Waals surface area contributed by atoms with Crippen LogP contribution in [0.15, 0.2) is 42.5 Å². The van der Waals surface area contributed by atoms with Crippen molar-refractivity contribution in [3.05, 3.63) is 63.6 Å². The number of anilines is 1. The molecule has 2 aromatic carbocycles. The maximum Gasteiger partial charge on any atom is 0.338 e. The molecule has 152 valence electrons. The van der Waals surface area contributed by atoms with Crippen LogP contribution in [0.3, 0.4) is 0 Å². The predicted molar refractivity (Wildman–Crippen MR) is 112 cm³/mol. The zero-order valence-electron chi connectivity index (χ0n) is 15.8. The number of esters is 1. The van der Waals surface area contributed by atoms with Gasteiger partial charge in [-0.3, -0.25) is 9.59 Å². The third-order valence-corrected chi connectivity index (χ3v) is 5.00. The highest BCUT2D eigenvalue weighted by molar-refractivity contribution is 6.35. The highest BCUT2D eigenvalue weighted by Crippen LogP contribution is 2.25. The summed E-state index contributed by atoms with van der Waals surface area (Å²) in [6, 6.07) is 10.5. The first-order valence-corrected chi connectivity index (χ1v) is 9.99. The molecular weight excluding hydrogens is 415 g/mol. The molecule has 1 heterocycles. The summed E-state index contributed by atoms with van der Waals surface area (Å²) in [4.78, 5) is 39.1. The van der Waals surface area contributed by atoms with Gasteiger partial charge in [-0.25, -0.2) is 4.79 Å². The van der Waals surface area contributed by atoms with Gasteiger partial charge in [-0.1, -0.05) is 29.3 Å². The lowest BCUT2D eigenvalue weighted by atomic mass is 10.1. The van der Waals surface area contributed by atoms with E-state index >= 15 is 0 Å². The van der Waals surface area contributed by atoms with Gasteiger partial charge in [0.05, 0.1) is 12.2 Å². The Bertz CT molecular complexity index is 928. The van der Waals surface area contributed by atoms with Crippen LogP contribution >= 0.6 is 23.2 Å². The number of likely N-dealkylation sites (tertiary alicyclic amines) is 1. The molecule has 0 bridgehead atoms. The highest BCUT2D eigenvalue weighted by atomic mass is 35.5. The molecule has 3 rings (SSSR count). The standard InChI is InChI=1S/C21H20Cl2N2O4/c1-2-29-21(28)13-5-3-6-17(11-13)24-19(26)18-7-4-8-25(18)20(27)14-9-15(22)12-16(23)10-14/h3,5-6,9-12,18H,2,4,7-8H2,1H3,(H,24,26). The lowest BCUT2D eigenvalue weighted by Crippen LogP contribution is -2.43. The van der Waals surface area contributed by atoms with E-state index in [4.69, 9.17) is 27.9 Å². The average molecular weight is 435 g/mol. The summed E-state index contributed by atoms with van der Waals surface area (Å²) in [6.45, 7) is 2.45. The number of halogens is 2. The van der Waals surface area contributed by atoms with E-state index in [1.165, 1.54) is 17.0 Å². The first-order chi connectivity index (χ1) is 13.9. The molecule has 0 aliphatic carbocycles. The van der Waals surface area contributed by atoms with E-state index in [9.17, 15) is 14.4 Å². The van der Waals surface area contributed by atoms with Gasteiger partial charge in [0.15, 0.2) is 0 Å². The Labute approximate surface area is 178 Å². The third-order valence-electron chi connectivity index (χ3n) is 4.57. The molecule has 1 atom stereocenters. The van der Waals surface area contributed by atoms with E-state index in [-0.39, 0.29) is 18.4 Å². The van der Waals surface area contributed by atoms with Crippen LogP contribution < -0.4 is 5.32 Å². The van der Waals surface area contributed by atoms with Crippen LogP contribution in [0.4, 0.5) is 5.69 Å². The minimum absolute atomic E-state index is 0.266. The lowest BCUT2D eigenvalue weighted by Gasteiger charge is -2.24.